The first-order valence-corrected chi connectivity index (χ1v) is 6.66. The van der Waals surface area contributed by atoms with E-state index in [0.29, 0.717) is 6.04 Å². The van der Waals surface area contributed by atoms with E-state index >= 15 is 0 Å². The van der Waals surface area contributed by atoms with Crippen LogP contribution in [0.3, 0.4) is 0 Å². The minimum absolute atomic E-state index is 0.520. The second-order valence-corrected chi connectivity index (χ2v) is 5.08. The van der Waals surface area contributed by atoms with Crippen LogP contribution in [0, 0.1) is 0 Å². The van der Waals surface area contributed by atoms with E-state index in [2.05, 4.69) is 45.9 Å². The van der Waals surface area contributed by atoms with Crippen LogP contribution >= 0.6 is 0 Å². The van der Waals surface area contributed by atoms with Gasteiger partial charge in [-0.1, -0.05) is 30.3 Å². The van der Waals surface area contributed by atoms with Crippen molar-refractivity contribution in [1.29, 1.82) is 0 Å². The van der Waals surface area contributed by atoms with Gasteiger partial charge in [0.1, 0.15) is 0 Å². The molecule has 1 aromatic rings. The van der Waals surface area contributed by atoms with Crippen LogP contribution in [0.2, 0.25) is 0 Å². The molecule has 2 fully saturated rings. The van der Waals surface area contributed by atoms with Crippen LogP contribution in [0.25, 0.3) is 0 Å². The minimum atomic E-state index is 0.520. The van der Waals surface area contributed by atoms with Crippen molar-refractivity contribution in [3.8, 4) is 0 Å². The minimum Gasteiger partial charge on any atom is -0.317 e. The standard InChI is InChI=1S/C14H21N3/c1-2-4-12(5-3-1)14-10-17(11-16-14)13-6-8-15-9-7-13/h1-5,13-16H,6-11H2. The van der Waals surface area contributed by atoms with Crippen LogP contribution in [-0.2, 0) is 0 Å². The molecule has 2 aliphatic rings. The molecule has 0 aromatic heterocycles. The predicted molar refractivity (Wildman–Crippen MR) is 69.8 cm³/mol. The van der Waals surface area contributed by atoms with Gasteiger partial charge in [-0.15, -0.1) is 0 Å². The number of nitrogens with one attached hydrogen (secondary N) is 2. The summed E-state index contributed by atoms with van der Waals surface area (Å²) in [6, 6.07) is 12.1. The van der Waals surface area contributed by atoms with Gasteiger partial charge in [0, 0.05) is 25.3 Å². The van der Waals surface area contributed by atoms with E-state index in [1.165, 1.54) is 31.5 Å². The number of rotatable bonds is 2. The van der Waals surface area contributed by atoms with E-state index in [1.54, 1.807) is 0 Å². The van der Waals surface area contributed by atoms with Crippen molar-refractivity contribution in [2.24, 2.45) is 0 Å². The highest BCUT2D eigenvalue weighted by molar-refractivity contribution is 5.20. The Hall–Kier alpha value is -0.900. The summed E-state index contributed by atoms with van der Waals surface area (Å²) < 4.78 is 0. The summed E-state index contributed by atoms with van der Waals surface area (Å²) in [5, 5.41) is 7.06. The number of nitrogens with zero attached hydrogens (tertiary/aromatic N) is 1. The van der Waals surface area contributed by atoms with E-state index in [9.17, 15) is 0 Å². The highest BCUT2D eigenvalue weighted by atomic mass is 15.3. The van der Waals surface area contributed by atoms with Gasteiger partial charge in [0.25, 0.3) is 0 Å². The molecule has 0 spiro atoms. The summed E-state index contributed by atoms with van der Waals surface area (Å²) >= 11 is 0. The lowest BCUT2D eigenvalue weighted by atomic mass is 10.0. The largest absolute Gasteiger partial charge is 0.317 e. The van der Waals surface area contributed by atoms with Crippen LogP contribution in [0.4, 0.5) is 0 Å². The van der Waals surface area contributed by atoms with Crippen LogP contribution < -0.4 is 10.6 Å². The Kier molecular flexibility index (Phi) is 3.41. The smallest absolute Gasteiger partial charge is 0.0489 e. The molecule has 2 heterocycles. The summed E-state index contributed by atoms with van der Waals surface area (Å²) in [7, 11) is 0. The van der Waals surface area contributed by atoms with Gasteiger partial charge < -0.3 is 5.32 Å². The Bertz CT molecular complexity index is 346. The van der Waals surface area contributed by atoms with Crippen LogP contribution in [0.15, 0.2) is 30.3 Å². The van der Waals surface area contributed by atoms with E-state index in [4.69, 9.17) is 0 Å². The van der Waals surface area contributed by atoms with E-state index in [-0.39, 0.29) is 0 Å². The maximum Gasteiger partial charge on any atom is 0.0489 e. The third kappa shape index (κ3) is 2.51. The Morgan fingerprint density at radius 1 is 1.06 bits per heavy atom. The van der Waals surface area contributed by atoms with E-state index < -0.39 is 0 Å². The van der Waals surface area contributed by atoms with Gasteiger partial charge in [0.2, 0.25) is 0 Å². The molecule has 17 heavy (non-hydrogen) atoms. The van der Waals surface area contributed by atoms with Crippen molar-refractivity contribution in [2.45, 2.75) is 24.9 Å². The Balaban J connectivity index is 1.61. The molecule has 3 rings (SSSR count). The molecule has 1 unspecified atom stereocenters. The quantitative estimate of drug-likeness (QED) is 0.804. The zero-order valence-corrected chi connectivity index (χ0v) is 10.2. The van der Waals surface area contributed by atoms with Gasteiger partial charge in [0.05, 0.1) is 0 Å². The molecule has 1 atom stereocenters. The Morgan fingerprint density at radius 3 is 2.59 bits per heavy atom. The average Bonchev–Trinajstić information content (AvgIpc) is 2.90. The third-order valence-electron chi connectivity index (χ3n) is 3.98. The molecular formula is C14H21N3. The van der Waals surface area contributed by atoms with Crippen molar-refractivity contribution < 1.29 is 0 Å². The summed E-state index contributed by atoms with van der Waals surface area (Å²) in [4.78, 5) is 2.61. The monoisotopic (exact) mass is 231 g/mol. The van der Waals surface area contributed by atoms with Crippen LogP contribution in [-0.4, -0.2) is 37.2 Å². The Labute approximate surface area is 103 Å². The second-order valence-electron chi connectivity index (χ2n) is 5.08. The van der Waals surface area contributed by atoms with Gasteiger partial charge >= 0.3 is 0 Å². The van der Waals surface area contributed by atoms with E-state index in [1.807, 2.05) is 0 Å². The maximum absolute atomic E-state index is 3.63. The lowest BCUT2D eigenvalue weighted by Crippen LogP contribution is -2.42. The predicted octanol–water partition coefficient (Wildman–Crippen LogP) is 1.34. The molecule has 0 radical (unpaired) electrons. The van der Waals surface area contributed by atoms with Crippen LogP contribution in [0.5, 0.6) is 0 Å². The molecule has 3 heteroatoms. The first-order valence-electron chi connectivity index (χ1n) is 6.66. The topological polar surface area (TPSA) is 27.3 Å². The SMILES string of the molecule is c1ccc(C2CN(C3CCNCC3)CN2)cc1. The number of hydrogen-bond donors (Lipinski definition) is 2. The van der Waals surface area contributed by atoms with Gasteiger partial charge in [-0.3, -0.25) is 10.2 Å². The summed E-state index contributed by atoms with van der Waals surface area (Å²) in [6.45, 7) is 4.56. The highest BCUT2D eigenvalue weighted by Gasteiger charge is 2.28. The number of hydrogen-bond acceptors (Lipinski definition) is 3. The average molecular weight is 231 g/mol. The summed E-state index contributed by atoms with van der Waals surface area (Å²) in [5.74, 6) is 0. The molecule has 92 valence electrons. The van der Waals surface area contributed by atoms with Crippen molar-refractivity contribution >= 4 is 0 Å². The van der Waals surface area contributed by atoms with Crippen molar-refractivity contribution in [3.63, 3.8) is 0 Å². The van der Waals surface area contributed by atoms with Crippen molar-refractivity contribution in [2.75, 3.05) is 26.3 Å². The molecule has 0 amide bonds. The molecule has 2 saturated heterocycles. The molecule has 3 nitrogen and oxygen atoms in total. The molecule has 0 saturated carbocycles. The summed E-state index contributed by atoms with van der Waals surface area (Å²) in [5.41, 5.74) is 1.42. The fourth-order valence-electron chi connectivity index (χ4n) is 2.95. The van der Waals surface area contributed by atoms with Gasteiger partial charge in [-0.25, -0.2) is 0 Å². The Morgan fingerprint density at radius 2 is 1.82 bits per heavy atom. The lowest BCUT2D eigenvalue weighted by molar-refractivity contribution is 0.194. The third-order valence-corrected chi connectivity index (χ3v) is 3.98. The molecule has 2 N–H and O–H groups in total. The van der Waals surface area contributed by atoms with Gasteiger partial charge in [-0.05, 0) is 31.5 Å². The number of benzene rings is 1. The second kappa shape index (κ2) is 5.17. The van der Waals surface area contributed by atoms with E-state index in [0.717, 1.165) is 19.3 Å². The molecule has 0 bridgehead atoms. The first-order chi connectivity index (χ1) is 8.43. The molecule has 1 aromatic carbocycles. The van der Waals surface area contributed by atoms with Crippen molar-refractivity contribution in [1.82, 2.24) is 15.5 Å². The summed E-state index contributed by atoms with van der Waals surface area (Å²) in [6.07, 6.45) is 2.59. The molecular weight excluding hydrogens is 210 g/mol. The lowest BCUT2D eigenvalue weighted by Gasteiger charge is -2.30. The van der Waals surface area contributed by atoms with Crippen molar-refractivity contribution in [3.05, 3.63) is 35.9 Å². The highest BCUT2D eigenvalue weighted by Crippen LogP contribution is 2.22. The fourth-order valence-corrected chi connectivity index (χ4v) is 2.95. The normalized spacial score (nSPS) is 27.4. The van der Waals surface area contributed by atoms with Crippen LogP contribution in [0.1, 0.15) is 24.4 Å². The van der Waals surface area contributed by atoms with Gasteiger partial charge in [0.15, 0.2) is 0 Å². The number of piperidine rings is 1. The fraction of sp³-hybridized carbons (Fsp3) is 0.571. The molecule has 0 aliphatic carbocycles. The first kappa shape index (κ1) is 11.2. The maximum atomic E-state index is 3.63. The zero-order chi connectivity index (χ0) is 11.5. The molecule has 2 aliphatic heterocycles. The zero-order valence-electron chi connectivity index (χ0n) is 10.2. The van der Waals surface area contributed by atoms with Gasteiger partial charge in [-0.2, -0.15) is 0 Å².